The lowest BCUT2D eigenvalue weighted by molar-refractivity contribution is 0.163. The van der Waals surface area contributed by atoms with Gasteiger partial charge in [0.05, 0.1) is 11.5 Å². The molecule has 1 aromatic heterocycles. The van der Waals surface area contributed by atoms with Crippen LogP contribution in [0.4, 0.5) is 0 Å². The highest BCUT2D eigenvalue weighted by atomic mass is 32.2. The Bertz CT molecular complexity index is 509. The summed E-state index contributed by atoms with van der Waals surface area (Å²) in [5.74, 6) is 0. The van der Waals surface area contributed by atoms with E-state index in [0.717, 1.165) is 18.5 Å². The Balaban J connectivity index is 3.06. The molecule has 1 rings (SSSR count). The van der Waals surface area contributed by atoms with E-state index in [9.17, 15) is 8.42 Å². The summed E-state index contributed by atoms with van der Waals surface area (Å²) in [6.45, 7) is 5.39. The number of sulfonamides is 1. The van der Waals surface area contributed by atoms with Gasteiger partial charge in [-0.1, -0.05) is 13.8 Å². The van der Waals surface area contributed by atoms with Crippen molar-refractivity contribution in [2.24, 2.45) is 0 Å². The number of methoxy groups -OCH3 is 1. The van der Waals surface area contributed by atoms with E-state index >= 15 is 0 Å². The lowest BCUT2D eigenvalue weighted by Crippen LogP contribution is -2.41. The van der Waals surface area contributed by atoms with Gasteiger partial charge in [0.25, 0.3) is 0 Å². The van der Waals surface area contributed by atoms with Gasteiger partial charge in [0.1, 0.15) is 0 Å². The predicted octanol–water partition coefficient (Wildman–Crippen LogP) is 1.56. The van der Waals surface area contributed by atoms with E-state index in [1.807, 2.05) is 20.9 Å². The van der Waals surface area contributed by atoms with Crippen LogP contribution in [0.3, 0.4) is 0 Å². The van der Waals surface area contributed by atoms with Crippen LogP contribution in [0.1, 0.15) is 32.4 Å². The van der Waals surface area contributed by atoms with Gasteiger partial charge in [-0.05, 0) is 26.0 Å². The fourth-order valence-corrected chi connectivity index (χ4v) is 4.15. The maximum Gasteiger partial charge on any atom is 0.244 e. The Labute approximate surface area is 127 Å². The van der Waals surface area contributed by atoms with Crippen molar-refractivity contribution in [3.05, 3.63) is 18.0 Å². The molecular weight excluding hydrogens is 290 g/mol. The first-order valence-electron chi connectivity index (χ1n) is 7.33. The summed E-state index contributed by atoms with van der Waals surface area (Å²) >= 11 is 0. The molecule has 0 saturated carbocycles. The third-order valence-corrected chi connectivity index (χ3v) is 5.49. The lowest BCUT2D eigenvalue weighted by Gasteiger charge is -2.29. The van der Waals surface area contributed by atoms with E-state index in [2.05, 4.69) is 10.3 Å². The van der Waals surface area contributed by atoms with Gasteiger partial charge in [0.2, 0.25) is 10.0 Å². The van der Waals surface area contributed by atoms with Crippen LogP contribution in [-0.4, -0.2) is 51.1 Å². The van der Waals surface area contributed by atoms with Crippen molar-refractivity contribution in [3.63, 3.8) is 0 Å². The first-order chi connectivity index (χ1) is 10.0. The monoisotopic (exact) mass is 317 g/mol. The van der Waals surface area contributed by atoms with Gasteiger partial charge in [-0.25, -0.2) is 8.42 Å². The van der Waals surface area contributed by atoms with E-state index in [4.69, 9.17) is 4.74 Å². The van der Waals surface area contributed by atoms with Gasteiger partial charge in [-0.15, -0.1) is 0 Å². The summed E-state index contributed by atoms with van der Waals surface area (Å²) in [6, 6.07) is 1.68. The van der Waals surface area contributed by atoms with Crippen molar-refractivity contribution < 1.29 is 13.2 Å². The number of nitrogens with one attached hydrogen (secondary N) is 2. The molecule has 1 aromatic rings. The van der Waals surface area contributed by atoms with Gasteiger partial charge in [0.15, 0.2) is 0 Å². The van der Waals surface area contributed by atoms with Crippen molar-refractivity contribution in [2.75, 3.05) is 27.3 Å². The summed E-state index contributed by atoms with van der Waals surface area (Å²) in [7, 11) is -0.0940. The van der Waals surface area contributed by atoms with E-state index in [1.165, 1.54) is 0 Å². The van der Waals surface area contributed by atoms with Crippen LogP contribution in [0.15, 0.2) is 17.2 Å². The van der Waals surface area contributed by atoms with Crippen LogP contribution >= 0.6 is 0 Å². The molecule has 0 bridgehead atoms. The molecule has 0 aromatic carbocycles. The molecule has 0 radical (unpaired) electrons. The minimum atomic E-state index is -3.50. The van der Waals surface area contributed by atoms with Crippen molar-refractivity contribution in [2.45, 2.75) is 44.2 Å². The van der Waals surface area contributed by atoms with Crippen LogP contribution in [0.2, 0.25) is 0 Å². The van der Waals surface area contributed by atoms with Crippen molar-refractivity contribution >= 4 is 10.0 Å². The van der Waals surface area contributed by atoms with Crippen LogP contribution in [0.25, 0.3) is 0 Å². The smallest absolute Gasteiger partial charge is 0.244 e. The summed E-state index contributed by atoms with van der Waals surface area (Å²) in [5.41, 5.74) is 0.854. The predicted molar refractivity (Wildman–Crippen MR) is 83.7 cm³/mol. The van der Waals surface area contributed by atoms with E-state index in [1.54, 1.807) is 23.7 Å². The molecule has 0 aliphatic carbocycles. The molecule has 7 heteroatoms. The number of ether oxygens (including phenoxy) is 1. The van der Waals surface area contributed by atoms with Crippen LogP contribution in [0.5, 0.6) is 0 Å². The number of hydrogen-bond acceptors (Lipinski definition) is 4. The summed E-state index contributed by atoms with van der Waals surface area (Å²) in [5, 5.41) is 3.00. The van der Waals surface area contributed by atoms with Gasteiger partial charge >= 0.3 is 0 Å². The minimum absolute atomic E-state index is 0.00667. The van der Waals surface area contributed by atoms with E-state index < -0.39 is 10.0 Å². The molecule has 1 heterocycles. The van der Waals surface area contributed by atoms with E-state index in [-0.39, 0.29) is 6.04 Å². The zero-order valence-electron chi connectivity index (χ0n) is 13.3. The average Bonchev–Trinajstić information content (AvgIpc) is 2.93. The van der Waals surface area contributed by atoms with Gasteiger partial charge in [-0.2, -0.15) is 4.31 Å². The molecule has 0 unspecified atom stereocenters. The molecule has 0 aliphatic heterocycles. The first-order valence-corrected chi connectivity index (χ1v) is 8.77. The summed E-state index contributed by atoms with van der Waals surface area (Å²) in [4.78, 5) is 3.31. The second kappa shape index (κ2) is 8.53. The fourth-order valence-electron chi connectivity index (χ4n) is 2.37. The average molecular weight is 317 g/mol. The molecule has 0 saturated heterocycles. The quantitative estimate of drug-likeness (QED) is 0.687. The number of H-pyrrole nitrogens is 1. The zero-order chi connectivity index (χ0) is 15.9. The topological polar surface area (TPSA) is 74.4 Å². The number of aromatic amines is 1. The highest BCUT2D eigenvalue weighted by Crippen LogP contribution is 2.22. The Morgan fingerprint density at radius 1 is 1.38 bits per heavy atom. The molecule has 0 fully saturated rings. The minimum Gasteiger partial charge on any atom is -0.383 e. The Morgan fingerprint density at radius 3 is 2.57 bits per heavy atom. The highest BCUT2D eigenvalue weighted by molar-refractivity contribution is 7.89. The second-order valence-electron chi connectivity index (χ2n) is 4.97. The van der Waals surface area contributed by atoms with Gasteiger partial charge < -0.3 is 15.0 Å². The third kappa shape index (κ3) is 4.54. The summed E-state index contributed by atoms with van der Waals surface area (Å²) in [6.07, 6.45) is 3.13. The molecule has 6 nitrogen and oxygen atoms in total. The Hall–Kier alpha value is -0.890. The molecule has 0 atom stereocenters. The number of rotatable bonds is 10. The molecule has 122 valence electrons. The molecule has 0 amide bonds. The number of hydrogen-bond donors (Lipinski definition) is 2. The SMILES string of the molecule is CCC(CC)N(CCOC)S(=O)(=O)c1c[nH]c(CNC)c1. The summed E-state index contributed by atoms with van der Waals surface area (Å²) < 4.78 is 32.3. The molecule has 0 aliphatic rings. The normalized spacial score (nSPS) is 12.5. The lowest BCUT2D eigenvalue weighted by atomic mass is 10.2. The van der Waals surface area contributed by atoms with Gasteiger partial charge in [-0.3, -0.25) is 0 Å². The molecule has 0 spiro atoms. The standard InChI is InChI=1S/C14H27N3O3S/c1-5-13(6-2)17(7-8-20-4)21(18,19)14-9-12(10-15-3)16-11-14/h9,11,13,15-16H,5-8,10H2,1-4H3. The van der Waals surface area contributed by atoms with Crippen LogP contribution in [0, 0.1) is 0 Å². The largest absolute Gasteiger partial charge is 0.383 e. The van der Waals surface area contributed by atoms with Crippen molar-refractivity contribution in [3.8, 4) is 0 Å². The molecule has 21 heavy (non-hydrogen) atoms. The zero-order valence-corrected chi connectivity index (χ0v) is 14.2. The van der Waals surface area contributed by atoms with E-state index in [0.29, 0.717) is 24.6 Å². The molecular formula is C14H27N3O3S. The maximum atomic E-state index is 12.8. The van der Waals surface area contributed by atoms with Crippen LogP contribution < -0.4 is 5.32 Å². The third-order valence-electron chi connectivity index (χ3n) is 3.56. The fraction of sp³-hybridized carbons (Fsp3) is 0.714. The Kier molecular flexibility index (Phi) is 7.37. The van der Waals surface area contributed by atoms with Crippen molar-refractivity contribution in [1.29, 1.82) is 0 Å². The maximum absolute atomic E-state index is 12.8. The Morgan fingerprint density at radius 2 is 2.05 bits per heavy atom. The van der Waals surface area contributed by atoms with Crippen LogP contribution in [-0.2, 0) is 21.3 Å². The van der Waals surface area contributed by atoms with Gasteiger partial charge in [0, 0.05) is 38.1 Å². The van der Waals surface area contributed by atoms with Crippen molar-refractivity contribution in [1.82, 2.24) is 14.6 Å². The molecule has 2 N–H and O–H groups in total. The first kappa shape index (κ1) is 18.2. The number of aromatic nitrogens is 1. The number of nitrogens with zero attached hydrogens (tertiary/aromatic N) is 1. The second-order valence-corrected chi connectivity index (χ2v) is 6.86. The highest BCUT2D eigenvalue weighted by Gasteiger charge is 2.30.